The van der Waals surface area contributed by atoms with Gasteiger partial charge in [0.2, 0.25) is 0 Å². The molecule has 0 spiro atoms. The molecule has 0 bridgehead atoms. The molecule has 1 aliphatic carbocycles. The Hall–Kier alpha value is -1.38. The summed E-state index contributed by atoms with van der Waals surface area (Å²) in [5, 5.41) is 6.41. The minimum absolute atomic E-state index is 0.307. The highest BCUT2D eigenvalue weighted by Crippen LogP contribution is 2.26. The first kappa shape index (κ1) is 13.6. The summed E-state index contributed by atoms with van der Waals surface area (Å²) >= 11 is 0. The van der Waals surface area contributed by atoms with Gasteiger partial charge in [0.15, 0.2) is 0 Å². The average Bonchev–Trinajstić information content (AvgIpc) is 2.49. The molecule has 20 heavy (non-hydrogen) atoms. The Morgan fingerprint density at radius 1 is 1.05 bits per heavy atom. The van der Waals surface area contributed by atoms with Crippen LogP contribution < -0.4 is 11.1 Å². The fourth-order valence-electron chi connectivity index (χ4n) is 3.41. The molecule has 2 aromatic carbocycles. The second kappa shape index (κ2) is 5.94. The van der Waals surface area contributed by atoms with Gasteiger partial charge >= 0.3 is 0 Å². The number of fused-ring (bicyclic) bond motifs is 1. The minimum Gasteiger partial charge on any atom is -0.326 e. The average molecular weight is 268 g/mol. The zero-order valence-electron chi connectivity index (χ0n) is 12.2. The quantitative estimate of drug-likeness (QED) is 0.889. The Bertz CT molecular complexity index is 573. The molecule has 0 amide bonds. The van der Waals surface area contributed by atoms with Crippen LogP contribution in [0.2, 0.25) is 0 Å². The molecule has 1 fully saturated rings. The molecule has 3 N–H and O–H groups in total. The van der Waals surface area contributed by atoms with Gasteiger partial charge in [-0.3, -0.25) is 0 Å². The van der Waals surface area contributed by atoms with E-state index in [1.54, 1.807) is 0 Å². The van der Waals surface area contributed by atoms with Gasteiger partial charge < -0.3 is 11.1 Å². The van der Waals surface area contributed by atoms with Crippen LogP contribution in [0.3, 0.4) is 0 Å². The van der Waals surface area contributed by atoms with Crippen molar-refractivity contribution >= 4 is 10.8 Å². The number of nitrogens with one attached hydrogen (secondary N) is 1. The lowest BCUT2D eigenvalue weighted by Crippen LogP contribution is -2.47. The largest absolute Gasteiger partial charge is 0.326 e. The third-order valence-corrected chi connectivity index (χ3v) is 4.57. The molecule has 0 unspecified atom stereocenters. The summed E-state index contributed by atoms with van der Waals surface area (Å²) in [6, 6.07) is 16.3. The zero-order valence-corrected chi connectivity index (χ0v) is 12.2. The Morgan fingerprint density at radius 2 is 1.80 bits per heavy atom. The van der Waals surface area contributed by atoms with Crippen LogP contribution in [0.25, 0.3) is 10.8 Å². The van der Waals surface area contributed by atoms with E-state index in [0.717, 1.165) is 6.42 Å². The van der Waals surface area contributed by atoms with Gasteiger partial charge in [0.05, 0.1) is 0 Å². The van der Waals surface area contributed by atoms with E-state index in [2.05, 4.69) is 54.7 Å². The van der Waals surface area contributed by atoms with Gasteiger partial charge in [-0.2, -0.15) is 0 Å². The van der Waals surface area contributed by atoms with Crippen LogP contribution >= 0.6 is 0 Å². The summed E-state index contributed by atoms with van der Waals surface area (Å²) in [6.45, 7) is 2.25. The van der Waals surface area contributed by atoms with Crippen molar-refractivity contribution in [2.24, 2.45) is 5.73 Å². The van der Waals surface area contributed by atoms with E-state index in [0.29, 0.717) is 18.1 Å². The summed E-state index contributed by atoms with van der Waals surface area (Å²) in [5.41, 5.74) is 7.63. The summed E-state index contributed by atoms with van der Waals surface area (Å²) in [6.07, 6.45) is 4.94. The highest BCUT2D eigenvalue weighted by atomic mass is 15.0. The second-order valence-corrected chi connectivity index (χ2v) is 6.01. The topological polar surface area (TPSA) is 38.0 Å². The summed E-state index contributed by atoms with van der Waals surface area (Å²) in [4.78, 5) is 0. The van der Waals surface area contributed by atoms with E-state index in [4.69, 9.17) is 5.73 Å². The van der Waals surface area contributed by atoms with Crippen LogP contribution in [0, 0.1) is 0 Å². The van der Waals surface area contributed by atoms with Gasteiger partial charge in [-0.25, -0.2) is 0 Å². The van der Waals surface area contributed by atoms with Crippen LogP contribution in [0.5, 0.6) is 0 Å². The van der Waals surface area contributed by atoms with Crippen molar-refractivity contribution in [3.63, 3.8) is 0 Å². The van der Waals surface area contributed by atoms with Crippen molar-refractivity contribution in [2.45, 2.75) is 50.7 Å². The zero-order chi connectivity index (χ0) is 13.9. The summed E-state index contributed by atoms with van der Waals surface area (Å²) in [7, 11) is 0. The van der Waals surface area contributed by atoms with Crippen LogP contribution in [-0.4, -0.2) is 12.1 Å². The molecule has 1 aliphatic rings. The molecule has 106 valence electrons. The molecular formula is C18H24N2. The monoisotopic (exact) mass is 268 g/mol. The molecule has 0 radical (unpaired) electrons. The number of rotatable bonds is 3. The highest BCUT2D eigenvalue weighted by Gasteiger charge is 2.23. The van der Waals surface area contributed by atoms with E-state index in [9.17, 15) is 0 Å². The molecule has 0 aliphatic heterocycles. The van der Waals surface area contributed by atoms with E-state index in [1.807, 2.05) is 0 Å². The van der Waals surface area contributed by atoms with E-state index in [1.165, 1.54) is 35.6 Å². The van der Waals surface area contributed by atoms with Crippen LogP contribution in [0.4, 0.5) is 0 Å². The van der Waals surface area contributed by atoms with Gasteiger partial charge in [0.1, 0.15) is 0 Å². The first-order valence-corrected chi connectivity index (χ1v) is 7.75. The third kappa shape index (κ3) is 2.72. The first-order valence-electron chi connectivity index (χ1n) is 7.75. The molecule has 2 nitrogen and oxygen atoms in total. The smallest absolute Gasteiger partial charge is 0.0301 e. The van der Waals surface area contributed by atoms with Crippen LogP contribution in [0.15, 0.2) is 42.5 Å². The standard InChI is InChI=1S/C18H24N2/c1-13(20-18-12-5-4-11-17(18)19)15-10-6-8-14-7-2-3-9-16(14)15/h2-3,6-10,13,17-18,20H,4-5,11-12,19H2,1H3/t13-,17+,18+/m1/s1. The fourth-order valence-corrected chi connectivity index (χ4v) is 3.41. The molecule has 0 aromatic heterocycles. The molecular weight excluding hydrogens is 244 g/mol. The molecule has 0 heterocycles. The maximum absolute atomic E-state index is 6.26. The molecule has 2 aromatic rings. The highest BCUT2D eigenvalue weighted by molar-refractivity contribution is 5.86. The number of hydrogen-bond acceptors (Lipinski definition) is 2. The van der Waals surface area contributed by atoms with Gasteiger partial charge in [-0.15, -0.1) is 0 Å². The molecule has 3 atom stereocenters. The summed E-state index contributed by atoms with van der Waals surface area (Å²) < 4.78 is 0. The van der Waals surface area contributed by atoms with Crippen molar-refractivity contribution in [1.82, 2.24) is 5.32 Å². The Balaban J connectivity index is 1.83. The number of benzene rings is 2. The number of nitrogens with two attached hydrogens (primary N) is 1. The first-order chi connectivity index (χ1) is 9.75. The minimum atomic E-state index is 0.307. The Morgan fingerprint density at radius 3 is 2.65 bits per heavy atom. The lowest BCUT2D eigenvalue weighted by Gasteiger charge is -2.32. The van der Waals surface area contributed by atoms with E-state index >= 15 is 0 Å². The molecule has 2 heteroatoms. The maximum atomic E-state index is 6.26. The van der Waals surface area contributed by atoms with Crippen molar-refractivity contribution in [3.05, 3.63) is 48.0 Å². The van der Waals surface area contributed by atoms with Crippen molar-refractivity contribution in [2.75, 3.05) is 0 Å². The van der Waals surface area contributed by atoms with Gasteiger partial charge in [-0.1, -0.05) is 55.3 Å². The van der Waals surface area contributed by atoms with Gasteiger partial charge in [0, 0.05) is 18.1 Å². The predicted molar refractivity (Wildman–Crippen MR) is 85.7 cm³/mol. The van der Waals surface area contributed by atoms with Gasteiger partial charge in [-0.05, 0) is 36.1 Å². The lowest BCUT2D eigenvalue weighted by molar-refractivity contribution is 0.307. The lowest BCUT2D eigenvalue weighted by atomic mass is 9.89. The molecule has 1 saturated carbocycles. The Labute approximate surface area is 121 Å². The Kier molecular flexibility index (Phi) is 4.04. The SMILES string of the molecule is C[C@@H](N[C@H]1CCCC[C@@H]1N)c1cccc2ccccc12. The van der Waals surface area contributed by atoms with Crippen LogP contribution in [-0.2, 0) is 0 Å². The van der Waals surface area contributed by atoms with E-state index in [-0.39, 0.29) is 0 Å². The summed E-state index contributed by atoms with van der Waals surface area (Å²) in [5.74, 6) is 0. The normalized spacial score (nSPS) is 24.7. The molecule has 0 saturated heterocycles. The fraction of sp³-hybridized carbons (Fsp3) is 0.444. The molecule has 3 rings (SSSR count). The van der Waals surface area contributed by atoms with Crippen molar-refractivity contribution in [3.8, 4) is 0 Å². The third-order valence-electron chi connectivity index (χ3n) is 4.57. The second-order valence-electron chi connectivity index (χ2n) is 6.01. The van der Waals surface area contributed by atoms with Gasteiger partial charge in [0.25, 0.3) is 0 Å². The van der Waals surface area contributed by atoms with E-state index < -0.39 is 0 Å². The predicted octanol–water partition coefficient (Wildman–Crippen LogP) is 3.76. The maximum Gasteiger partial charge on any atom is 0.0301 e. The van der Waals surface area contributed by atoms with Crippen molar-refractivity contribution < 1.29 is 0 Å². The van der Waals surface area contributed by atoms with Crippen molar-refractivity contribution in [1.29, 1.82) is 0 Å². The van der Waals surface area contributed by atoms with Crippen LogP contribution in [0.1, 0.15) is 44.2 Å². The number of hydrogen-bond donors (Lipinski definition) is 2.